The van der Waals surface area contributed by atoms with E-state index in [1.807, 2.05) is 12.1 Å². The van der Waals surface area contributed by atoms with E-state index in [0.717, 1.165) is 4.88 Å². The normalized spacial score (nSPS) is 9.62. The molecule has 13 heavy (non-hydrogen) atoms. The number of fused-ring (bicyclic) bond motifs is 1. The summed E-state index contributed by atoms with van der Waals surface area (Å²) < 4.78 is 1.28. The second kappa shape index (κ2) is 3.61. The molecule has 0 aliphatic heterocycles. The van der Waals surface area contributed by atoms with Crippen LogP contribution in [-0.4, -0.2) is 6.54 Å². The van der Waals surface area contributed by atoms with Crippen LogP contribution in [0.3, 0.4) is 0 Å². The fraction of sp³-hybridized carbons (Fsp3) is 0.0909. The van der Waals surface area contributed by atoms with E-state index in [-0.39, 0.29) is 0 Å². The van der Waals surface area contributed by atoms with Crippen molar-refractivity contribution in [3.63, 3.8) is 0 Å². The zero-order valence-corrected chi connectivity index (χ0v) is 7.90. The first-order valence-electron chi connectivity index (χ1n) is 4.07. The maximum Gasteiger partial charge on any atom is 0.0781 e. The van der Waals surface area contributed by atoms with Crippen molar-refractivity contribution in [2.45, 2.75) is 0 Å². The average molecular weight is 187 g/mol. The molecule has 1 heterocycles. The molecule has 0 bridgehead atoms. The van der Waals surface area contributed by atoms with Crippen LogP contribution in [-0.2, 0) is 0 Å². The number of thiophene rings is 1. The van der Waals surface area contributed by atoms with Crippen molar-refractivity contribution in [1.29, 1.82) is 0 Å². The molecular formula is C11H9NS. The van der Waals surface area contributed by atoms with Crippen LogP contribution in [0.4, 0.5) is 0 Å². The molecular weight excluding hydrogens is 178 g/mol. The van der Waals surface area contributed by atoms with E-state index in [0.29, 0.717) is 6.54 Å². The molecule has 0 unspecified atom stereocenters. The smallest absolute Gasteiger partial charge is 0.0781 e. The van der Waals surface area contributed by atoms with Gasteiger partial charge >= 0.3 is 0 Å². The zero-order chi connectivity index (χ0) is 9.10. The lowest BCUT2D eigenvalue weighted by molar-refractivity contribution is 1.30. The van der Waals surface area contributed by atoms with E-state index in [1.165, 1.54) is 10.1 Å². The first-order chi connectivity index (χ1) is 6.40. The maximum absolute atomic E-state index is 5.30. The van der Waals surface area contributed by atoms with Gasteiger partial charge in [-0.3, -0.25) is 0 Å². The molecule has 1 aromatic carbocycles. The summed E-state index contributed by atoms with van der Waals surface area (Å²) in [7, 11) is 0. The number of rotatable bonds is 0. The van der Waals surface area contributed by atoms with Gasteiger partial charge in [-0.2, -0.15) is 0 Å². The highest BCUT2D eigenvalue weighted by Gasteiger charge is 1.96. The Morgan fingerprint density at radius 1 is 1.31 bits per heavy atom. The Bertz CT molecular complexity index is 440. The molecule has 0 aliphatic carbocycles. The van der Waals surface area contributed by atoms with Crippen molar-refractivity contribution in [3.8, 4) is 11.8 Å². The monoisotopic (exact) mass is 187 g/mol. The fourth-order valence-corrected chi connectivity index (χ4v) is 2.12. The minimum absolute atomic E-state index is 0.425. The third kappa shape index (κ3) is 1.72. The van der Waals surface area contributed by atoms with Crippen LogP contribution < -0.4 is 5.73 Å². The Hall–Kier alpha value is -1.30. The Labute approximate surface area is 81.2 Å². The van der Waals surface area contributed by atoms with Gasteiger partial charge in [-0.25, -0.2) is 0 Å². The summed E-state index contributed by atoms with van der Waals surface area (Å²) in [6.07, 6.45) is 0. The highest BCUT2D eigenvalue weighted by atomic mass is 32.1. The van der Waals surface area contributed by atoms with Crippen LogP contribution in [0, 0.1) is 11.8 Å². The lowest BCUT2D eigenvalue weighted by Crippen LogP contribution is -1.92. The van der Waals surface area contributed by atoms with Gasteiger partial charge in [-0.1, -0.05) is 30.0 Å². The SMILES string of the molecule is NCC#Cc1cc2ccccc2s1. The first kappa shape index (κ1) is 8.31. The van der Waals surface area contributed by atoms with Crippen molar-refractivity contribution >= 4 is 21.4 Å². The predicted octanol–water partition coefficient (Wildman–Crippen LogP) is 2.21. The standard InChI is InChI=1S/C11H9NS/c12-7-3-5-10-8-9-4-1-2-6-11(9)13-10/h1-2,4,6,8H,7,12H2. The van der Waals surface area contributed by atoms with Crippen LogP contribution in [0.5, 0.6) is 0 Å². The van der Waals surface area contributed by atoms with Gasteiger partial charge in [-0.15, -0.1) is 11.3 Å². The Kier molecular flexibility index (Phi) is 2.31. The van der Waals surface area contributed by atoms with Gasteiger partial charge in [0.1, 0.15) is 0 Å². The van der Waals surface area contributed by atoms with E-state index >= 15 is 0 Å². The molecule has 0 saturated heterocycles. The van der Waals surface area contributed by atoms with E-state index in [2.05, 4.69) is 30.0 Å². The summed E-state index contributed by atoms with van der Waals surface area (Å²) in [5.41, 5.74) is 5.30. The molecule has 2 rings (SSSR count). The number of benzene rings is 1. The summed E-state index contributed by atoms with van der Waals surface area (Å²) in [4.78, 5) is 1.09. The third-order valence-electron chi connectivity index (χ3n) is 1.74. The number of hydrogen-bond acceptors (Lipinski definition) is 2. The molecule has 2 heteroatoms. The summed E-state index contributed by atoms with van der Waals surface area (Å²) in [5, 5.41) is 1.26. The molecule has 0 radical (unpaired) electrons. The van der Waals surface area contributed by atoms with Crippen molar-refractivity contribution in [2.75, 3.05) is 6.54 Å². The Morgan fingerprint density at radius 3 is 2.92 bits per heavy atom. The molecule has 0 saturated carbocycles. The van der Waals surface area contributed by atoms with Crippen LogP contribution in [0.1, 0.15) is 4.88 Å². The van der Waals surface area contributed by atoms with E-state index < -0.39 is 0 Å². The van der Waals surface area contributed by atoms with E-state index in [4.69, 9.17) is 5.73 Å². The summed E-state index contributed by atoms with van der Waals surface area (Å²) >= 11 is 1.71. The van der Waals surface area contributed by atoms with Crippen LogP contribution in [0.25, 0.3) is 10.1 Å². The lowest BCUT2D eigenvalue weighted by atomic mass is 10.2. The van der Waals surface area contributed by atoms with Crippen molar-refractivity contribution in [1.82, 2.24) is 0 Å². The maximum atomic E-state index is 5.30. The Balaban J connectivity index is 2.50. The van der Waals surface area contributed by atoms with Gasteiger partial charge in [0.05, 0.1) is 11.4 Å². The lowest BCUT2D eigenvalue weighted by Gasteiger charge is -1.82. The van der Waals surface area contributed by atoms with Crippen LogP contribution in [0.15, 0.2) is 30.3 Å². The summed E-state index contributed by atoms with van der Waals surface area (Å²) in [5.74, 6) is 5.89. The molecule has 2 N–H and O–H groups in total. The molecule has 0 spiro atoms. The van der Waals surface area contributed by atoms with Gasteiger partial charge < -0.3 is 5.73 Å². The quantitative estimate of drug-likeness (QED) is 0.629. The van der Waals surface area contributed by atoms with Crippen LogP contribution in [0.2, 0.25) is 0 Å². The molecule has 0 aliphatic rings. The number of nitrogens with two attached hydrogens (primary N) is 1. The van der Waals surface area contributed by atoms with Gasteiger partial charge in [0, 0.05) is 4.70 Å². The molecule has 0 atom stereocenters. The van der Waals surface area contributed by atoms with E-state index in [9.17, 15) is 0 Å². The second-order valence-electron chi connectivity index (χ2n) is 2.65. The molecule has 64 valence electrons. The average Bonchev–Trinajstić information content (AvgIpc) is 2.57. The minimum atomic E-state index is 0.425. The van der Waals surface area contributed by atoms with E-state index in [1.54, 1.807) is 11.3 Å². The van der Waals surface area contributed by atoms with Crippen LogP contribution >= 0.6 is 11.3 Å². The topological polar surface area (TPSA) is 26.0 Å². The Morgan fingerprint density at radius 2 is 2.15 bits per heavy atom. The minimum Gasteiger partial charge on any atom is -0.320 e. The van der Waals surface area contributed by atoms with Gasteiger partial charge in [-0.05, 0) is 17.5 Å². The summed E-state index contributed by atoms with van der Waals surface area (Å²) in [6, 6.07) is 10.4. The molecule has 2 aromatic rings. The van der Waals surface area contributed by atoms with Crippen molar-refractivity contribution in [3.05, 3.63) is 35.2 Å². The first-order valence-corrected chi connectivity index (χ1v) is 4.89. The molecule has 1 aromatic heterocycles. The zero-order valence-electron chi connectivity index (χ0n) is 7.08. The molecule has 0 fully saturated rings. The van der Waals surface area contributed by atoms with Gasteiger partial charge in [0.2, 0.25) is 0 Å². The fourth-order valence-electron chi connectivity index (χ4n) is 1.18. The highest BCUT2D eigenvalue weighted by molar-refractivity contribution is 7.19. The third-order valence-corrected chi connectivity index (χ3v) is 2.77. The highest BCUT2D eigenvalue weighted by Crippen LogP contribution is 2.24. The summed E-state index contributed by atoms with van der Waals surface area (Å²) in [6.45, 7) is 0.425. The number of hydrogen-bond donors (Lipinski definition) is 1. The largest absolute Gasteiger partial charge is 0.320 e. The van der Waals surface area contributed by atoms with Crippen molar-refractivity contribution < 1.29 is 0 Å². The predicted molar refractivity (Wildman–Crippen MR) is 57.8 cm³/mol. The van der Waals surface area contributed by atoms with Gasteiger partial charge in [0.15, 0.2) is 0 Å². The molecule has 1 nitrogen and oxygen atoms in total. The second-order valence-corrected chi connectivity index (χ2v) is 3.74. The van der Waals surface area contributed by atoms with Crippen molar-refractivity contribution in [2.24, 2.45) is 5.73 Å². The van der Waals surface area contributed by atoms with Gasteiger partial charge in [0.25, 0.3) is 0 Å². The molecule has 0 amide bonds.